The minimum absolute atomic E-state index is 0.0847. The molecule has 0 aliphatic rings. The highest BCUT2D eigenvalue weighted by Crippen LogP contribution is 2.45. The van der Waals surface area contributed by atoms with Crippen molar-refractivity contribution in [3.8, 4) is 0 Å². The van der Waals surface area contributed by atoms with Crippen molar-refractivity contribution in [2.24, 2.45) is 17.8 Å². The molecule has 0 aromatic heterocycles. The molecule has 0 rings (SSSR count). The highest BCUT2D eigenvalue weighted by atomic mass is 31.2. The van der Waals surface area contributed by atoms with Gasteiger partial charge in [0.05, 0.1) is 26.4 Å². The Balaban J connectivity index is 5.24. The molecule has 19 heteroatoms. The van der Waals surface area contributed by atoms with Crippen molar-refractivity contribution in [1.29, 1.82) is 0 Å². The van der Waals surface area contributed by atoms with Crippen molar-refractivity contribution in [1.82, 2.24) is 0 Å². The lowest BCUT2D eigenvalue weighted by molar-refractivity contribution is -0.161. The molecule has 0 aromatic carbocycles. The van der Waals surface area contributed by atoms with Crippen LogP contribution in [0.25, 0.3) is 0 Å². The Morgan fingerprint density at radius 3 is 0.810 bits per heavy atom. The van der Waals surface area contributed by atoms with Crippen LogP contribution in [0.5, 0.6) is 0 Å². The number of unbranched alkanes of at least 4 members (excludes halogenated alkanes) is 42. The van der Waals surface area contributed by atoms with E-state index in [1.807, 2.05) is 0 Å². The van der Waals surface area contributed by atoms with Crippen LogP contribution < -0.4 is 0 Å². The number of hydrogen-bond acceptors (Lipinski definition) is 15. The summed E-state index contributed by atoms with van der Waals surface area (Å²) in [5.41, 5.74) is 0. The molecular weight excluding hydrogens is 1310 g/mol. The van der Waals surface area contributed by atoms with Crippen LogP contribution in [0.4, 0.5) is 0 Å². The van der Waals surface area contributed by atoms with Gasteiger partial charge in [-0.05, 0) is 69.1 Å². The monoisotopic (exact) mass is 1460 g/mol. The van der Waals surface area contributed by atoms with Crippen molar-refractivity contribution < 1.29 is 80.2 Å². The topological polar surface area (TPSA) is 237 Å². The van der Waals surface area contributed by atoms with E-state index in [1.54, 1.807) is 0 Å². The first-order valence-corrected chi connectivity index (χ1v) is 44.2. The van der Waals surface area contributed by atoms with Gasteiger partial charge in [0.1, 0.15) is 19.3 Å². The summed E-state index contributed by atoms with van der Waals surface area (Å²) in [5, 5.41) is 10.6. The van der Waals surface area contributed by atoms with Gasteiger partial charge in [-0.15, -0.1) is 0 Å². The molecule has 5 atom stereocenters. The van der Waals surface area contributed by atoms with Gasteiger partial charge >= 0.3 is 39.5 Å². The Morgan fingerprint density at radius 1 is 0.310 bits per heavy atom. The summed E-state index contributed by atoms with van der Waals surface area (Å²) >= 11 is 0. The number of phosphoric ester groups is 2. The van der Waals surface area contributed by atoms with E-state index in [0.29, 0.717) is 31.6 Å². The summed E-state index contributed by atoms with van der Waals surface area (Å²) in [6.45, 7) is 11.8. The molecule has 0 amide bonds. The molecule has 0 aliphatic carbocycles. The number of aliphatic hydroxyl groups is 1. The average molecular weight is 1460 g/mol. The first-order chi connectivity index (χ1) is 48.2. The smallest absolute Gasteiger partial charge is 0.462 e. The quantitative estimate of drug-likeness (QED) is 0.0169. The van der Waals surface area contributed by atoms with Crippen LogP contribution in [0, 0.1) is 17.8 Å². The zero-order valence-electron chi connectivity index (χ0n) is 65.2. The normalized spacial score (nSPS) is 14.1. The molecule has 0 bridgehead atoms. The molecule has 0 aromatic rings. The van der Waals surface area contributed by atoms with Crippen LogP contribution in [0.2, 0.25) is 0 Å². The van der Waals surface area contributed by atoms with E-state index < -0.39 is 97.5 Å². The third-order valence-corrected chi connectivity index (χ3v) is 20.2. The van der Waals surface area contributed by atoms with Crippen molar-refractivity contribution in [3.05, 3.63) is 24.3 Å². The summed E-state index contributed by atoms with van der Waals surface area (Å²) in [4.78, 5) is 73.0. The second-order valence-corrected chi connectivity index (χ2v) is 32.8. The Morgan fingerprint density at radius 2 is 0.540 bits per heavy atom. The second kappa shape index (κ2) is 70.8. The van der Waals surface area contributed by atoms with Crippen LogP contribution >= 0.6 is 15.6 Å². The molecule has 0 spiro atoms. The van der Waals surface area contributed by atoms with E-state index in [2.05, 4.69) is 72.8 Å². The van der Waals surface area contributed by atoms with Crippen molar-refractivity contribution in [2.45, 2.75) is 414 Å². The highest BCUT2D eigenvalue weighted by Gasteiger charge is 2.30. The van der Waals surface area contributed by atoms with Gasteiger partial charge < -0.3 is 33.8 Å². The standard InChI is InChI=1S/C81H154O17P2/c1-8-9-10-11-12-13-14-15-20-24-29-35-42-50-57-64-80(85)97-76(68-91-78(83)62-55-48-41-34-31-26-28-33-39-46-53-60-73(4)5)70-95-99(87,88)93-66-75(82)67-94-100(89,90)96-71-77(69-92-79(84)63-56-49-44-37-40-47-54-61-74(6)7)98-81(86)65-58-51-43-36-30-25-22-19-17-16-18-21-23-27-32-38-45-52-59-72(2)3/h13-15,20,72-77,82H,8-12,16-19,21-71H2,1-7H3,(H,87,88)(H,89,90)/b14-13-,20-15-/t75?,76-,77-/m1/s1. The molecule has 3 N–H and O–H groups in total. The fourth-order valence-corrected chi connectivity index (χ4v) is 13.5. The van der Waals surface area contributed by atoms with Gasteiger partial charge in [0, 0.05) is 25.7 Å². The molecule has 0 radical (unpaired) electrons. The van der Waals surface area contributed by atoms with Crippen molar-refractivity contribution in [3.63, 3.8) is 0 Å². The van der Waals surface area contributed by atoms with Crippen LogP contribution in [0.3, 0.4) is 0 Å². The molecule has 17 nitrogen and oxygen atoms in total. The van der Waals surface area contributed by atoms with Gasteiger partial charge in [-0.3, -0.25) is 37.3 Å². The fourth-order valence-electron chi connectivity index (χ4n) is 11.9. The summed E-state index contributed by atoms with van der Waals surface area (Å²) < 4.78 is 68.6. The summed E-state index contributed by atoms with van der Waals surface area (Å²) in [6, 6.07) is 0. The van der Waals surface area contributed by atoms with E-state index in [0.717, 1.165) is 121 Å². The largest absolute Gasteiger partial charge is 0.472 e. The number of esters is 4. The summed E-state index contributed by atoms with van der Waals surface area (Å²) in [6.07, 6.45) is 62.0. The van der Waals surface area contributed by atoms with Crippen molar-refractivity contribution in [2.75, 3.05) is 39.6 Å². The van der Waals surface area contributed by atoms with Gasteiger partial charge in [0.25, 0.3) is 0 Å². The summed E-state index contributed by atoms with van der Waals surface area (Å²) in [7, 11) is -9.93. The van der Waals surface area contributed by atoms with Gasteiger partial charge in [0.2, 0.25) is 0 Å². The maximum atomic E-state index is 13.1. The lowest BCUT2D eigenvalue weighted by Crippen LogP contribution is -2.30. The number of rotatable bonds is 77. The predicted octanol–water partition coefficient (Wildman–Crippen LogP) is 23.7. The van der Waals surface area contributed by atoms with Crippen LogP contribution in [-0.4, -0.2) is 96.7 Å². The average Bonchev–Trinajstić information content (AvgIpc) is 0.913. The number of phosphoric acid groups is 2. The van der Waals surface area contributed by atoms with Crippen molar-refractivity contribution >= 4 is 39.5 Å². The molecule has 0 saturated carbocycles. The number of hydrogen-bond donors (Lipinski definition) is 3. The number of carbonyl (C=O) groups excluding carboxylic acids is 4. The zero-order chi connectivity index (χ0) is 73.7. The molecule has 0 aliphatic heterocycles. The number of carbonyl (C=O) groups is 4. The Hall–Kier alpha value is -2.46. The fraction of sp³-hybridized carbons (Fsp3) is 0.901. The molecule has 0 saturated heterocycles. The van der Waals surface area contributed by atoms with Crippen LogP contribution in [0.1, 0.15) is 395 Å². The van der Waals surface area contributed by atoms with E-state index in [1.165, 1.54) is 186 Å². The maximum absolute atomic E-state index is 13.1. The van der Waals surface area contributed by atoms with Gasteiger partial charge in [-0.1, -0.05) is 342 Å². The Labute approximate surface area is 612 Å². The lowest BCUT2D eigenvalue weighted by atomic mass is 10.0. The van der Waals surface area contributed by atoms with Gasteiger partial charge in [-0.25, -0.2) is 9.13 Å². The van der Waals surface area contributed by atoms with Gasteiger partial charge in [0.15, 0.2) is 12.2 Å². The first-order valence-electron chi connectivity index (χ1n) is 41.2. The molecule has 100 heavy (non-hydrogen) atoms. The first kappa shape index (κ1) is 97.5. The van der Waals surface area contributed by atoms with Crippen LogP contribution in [-0.2, 0) is 65.4 Å². The van der Waals surface area contributed by atoms with Gasteiger partial charge in [-0.2, -0.15) is 0 Å². The Kier molecular flexibility index (Phi) is 69.1. The van der Waals surface area contributed by atoms with Crippen LogP contribution in [0.15, 0.2) is 24.3 Å². The van der Waals surface area contributed by atoms with E-state index in [4.69, 9.17) is 37.0 Å². The molecular formula is C81H154O17P2. The highest BCUT2D eigenvalue weighted by molar-refractivity contribution is 7.47. The molecule has 0 fully saturated rings. The maximum Gasteiger partial charge on any atom is 0.472 e. The Bertz CT molecular complexity index is 2030. The number of aliphatic hydroxyl groups excluding tert-OH is 1. The SMILES string of the molecule is CCCCCC/C=C\C=C/CCCCCCCC(=O)O[C@H](COC(=O)CCCCCCCCCCCCCC(C)C)COP(=O)(O)OCC(O)COP(=O)(O)OC[C@@H](COC(=O)CCCCCCCCCC(C)C)OC(=O)CCCCCCCCCCCCCCCCCCCCC(C)C. The lowest BCUT2D eigenvalue weighted by Gasteiger charge is -2.21. The molecule has 590 valence electrons. The second-order valence-electron chi connectivity index (χ2n) is 29.9. The zero-order valence-corrected chi connectivity index (χ0v) is 66.9. The third kappa shape index (κ3) is 73.8. The predicted molar refractivity (Wildman–Crippen MR) is 409 cm³/mol. The minimum Gasteiger partial charge on any atom is -0.462 e. The molecule has 0 heterocycles. The number of ether oxygens (including phenoxy) is 4. The number of allylic oxidation sites excluding steroid dienone is 4. The van der Waals surface area contributed by atoms with E-state index in [-0.39, 0.29) is 25.7 Å². The van der Waals surface area contributed by atoms with E-state index >= 15 is 0 Å². The minimum atomic E-state index is -4.97. The third-order valence-electron chi connectivity index (χ3n) is 18.3. The molecule has 3 unspecified atom stereocenters. The van der Waals surface area contributed by atoms with E-state index in [9.17, 15) is 43.2 Å². The summed E-state index contributed by atoms with van der Waals surface area (Å²) in [5.74, 6) is 0.148.